The van der Waals surface area contributed by atoms with E-state index in [9.17, 15) is 0 Å². The third-order valence-electron chi connectivity index (χ3n) is 3.58. The topological polar surface area (TPSA) is 66.4 Å². The van der Waals surface area contributed by atoms with Crippen molar-refractivity contribution < 1.29 is 28.8 Å². The van der Waals surface area contributed by atoms with E-state index in [1.807, 2.05) is 24.3 Å². The predicted molar refractivity (Wildman–Crippen MR) is 103 cm³/mol. The first-order chi connectivity index (χ1) is 12.1. The Morgan fingerprint density at radius 2 is 1.52 bits per heavy atom. The van der Waals surface area contributed by atoms with Crippen LogP contribution in [0.2, 0.25) is 0 Å². The molecule has 2 aromatic carbocycles. The Morgan fingerprint density at radius 1 is 0.840 bits per heavy atom. The van der Waals surface area contributed by atoms with Crippen LogP contribution >= 0.6 is 22.6 Å². The number of aliphatic hydroxyl groups is 1. The van der Waals surface area contributed by atoms with Gasteiger partial charge < -0.3 is 28.8 Å². The van der Waals surface area contributed by atoms with Gasteiger partial charge in [0.1, 0.15) is 6.61 Å². The quantitative estimate of drug-likeness (QED) is 0.610. The summed E-state index contributed by atoms with van der Waals surface area (Å²) < 4.78 is 28.2. The summed E-state index contributed by atoms with van der Waals surface area (Å²) >= 11 is 2.17. The molecule has 7 heteroatoms. The molecule has 0 aliphatic rings. The molecule has 25 heavy (non-hydrogen) atoms. The second-order valence-corrected chi connectivity index (χ2v) is 6.11. The molecular weight excluding hydrogens is 439 g/mol. The maximum absolute atomic E-state index is 8.98. The first-order valence-corrected chi connectivity index (χ1v) is 8.59. The SMILES string of the molecule is COc1cc(-c2ccc(OC)c(OC)c2OC)cc(I)c1OCCO. The molecule has 6 nitrogen and oxygen atoms in total. The molecule has 0 saturated heterocycles. The molecule has 0 radical (unpaired) electrons. The van der Waals surface area contributed by atoms with E-state index in [0.29, 0.717) is 28.7 Å². The average Bonchev–Trinajstić information content (AvgIpc) is 2.64. The molecule has 0 aromatic heterocycles. The fraction of sp³-hybridized carbons (Fsp3) is 0.333. The van der Waals surface area contributed by atoms with Crippen molar-refractivity contribution in [3.05, 3.63) is 27.8 Å². The lowest BCUT2D eigenvalue weighted by molar-refractivity contribution is 0.195. The second kappa shape index (κ2) is 9.00. The highest BCUT2D eigenvalue weighted by molar-refractivity contribution is 14.1. The summed E-state index contributed by atoms with van der Waals surface area (Å²) in [5.41, 5.74) is 1.72. The molecule has 0 saturated carbocycles. The summed E-state index contributed by atoms with van der Waals surface area (Å²) in [4.78, 5) is 0. The Hall–Kier alpha value is -1.87. The number of aliphatic hydroxyl groups excluding tert-OH is 1. The van der Waals surface area contributed by atoms with E-state index in [0.717, 1.165) is 14.7 Å². The highest BCUT2D eigenvalue weighted by Gasteiger charge is 2.20. The van der Waals surface area contributed by atoms with E-state index in [1.54, 1.807) is 28.4 Å². The molecule has 0 heterocycles. The summed E-state index contributed by atoms with van der Waals surface area (Å²) in [5.74, 6) is 2.86. The fourth-order valence-electron chi connectivity index (χ4n) is 2.49. The van der Waals surface area contributed by atoms with Crippen molar-refractivity contribution in [3.63, 3.8) is 0 Å². The summed E-state index contributed by atoms with van der Waals surface area (Å²) in [7, 11) is 6.31. The van der Waals surface area contributed by atoms with Crippen molar-refractivity contribution in [3.8, 4) is 39.9 Å². The molecule has 0 spiro atoms. The minimum atomic E-state index is -0.0650. The Labute approximate surface area is 160 Å². The zero-order chi connectivity index (χ0) is 18.4. The van der Waals surface area contributed by atoms with Gasteiger partial charge in [0.15, 0.2) is 23.0 Å². The van der Waals surface area contributed by atoms with Gasteiger partial charge in [-0.15, -0.1) is 0 Å². The number of hydrogen-bond donors (Lipinski definition) is 1. The number of benzene rings is 2. The lowest BCUT2D eigenvalue weighted by Crippen LogP contribution is -2.05. The summed E-state index contributed by atoms with van der Waals surface area (Å²) in [6, 6.07) is 7.55. The normalized spacial score (nSPS) is 10.3. The summed E-state index contributed by atoms with van der Waals surface area (Å²) in [6.45, 7) is 0.135. The van der Waals surface area contributed by atoms with E-state index < -0.39 is 0 Å². The van der Waals surface area contributed by atoms with Crippen LogP contribution in [0.15, 0.2) is 24.3 Å². The molecule has 2 aromatic rings. The van der Waals surface area contributed by atoms with Crippen LogP contribution in [0.3, 0.4) is 0 Å². The Bertz CT molecular complexity index is 732. The summed E-state index contributed by atoms with van der Waals surface area (Å²) in [5, 5.41) is 8.98. The zero-order valence-electron chi connectivity index (χ0n) is 14.6. The Balaban J connectivity index is 2.60. The number of hydrogen-bond acceptors (Lipinski definition) is 6. The molecule has 136 valence electrons. The van der Waals surface area contributed by atoms with Gasteiger partial charge >= 0.3 is 0 Å². The smallest absolute Gasteiger partial charge is 0.203 e. The van der Waals surface area contributed by atoms with Crippen LogP contribution in [0, 0.1) is 3.57 Å². The van der Waals surface area contributed by atoms with Crippen LogP contribution in [0.25, 0.3) is 11.1 Å². The molecule has 0 bridgehead atoms. The number of ether oxygens (including phenoxy) is 5. The fourth-order valence-corrected chi connectivity index (χ4v) is 3.25. The molecule has 0 aliphatic heterocycles. The predicted octanol–water partition coefficient (Wildman–Crippen LogP) is 3.36. The van der Waals surface area contributed by atoms with Crippen molar-refractivity contribution >= 4 is 22.6 Å². The van der Waals surface area contributed by atoms with Crippen molar-refractivity contribution in [2.75, 3.05) is 41.7 Å². The van der Waals surface area contributed by atoms with Crippen LogP contribution in [0.1, 0.15) is 0 Å². The van der Waals surface area contributed by atoms with E-state index >= 15 is 0 Å². The standard InChI is InChI=1S/C18H21IO6/c1-21-14-6-5-12(16(23-3)18(14)24-4)11-9-13(19)17(25-8-7-20)15(10-11)22-2/h5-6,9-10,20H,7-8H2,1-4H3. The van der Waals surface area contributed by atoms with Gasteiger partial charge in [-0.3, -0.25) is 0 Å². The lowest BCUT2D eigenvalue weighted by Gasteiger charge is -2.18. The Morgan fingerprint density at radius 3 is 2.08 bits per heavy atom. The number of methoxy groups -OCH3 is 4. The summed E-state index contributed by atoms with van der Waals surface area (Å²) in [6.07, 6.45) is 0. The number of halogens is 1. The molecule has 0 aliphatic carbocycles. The second-order valence-electron chi connectivity index (χ2n) is 4.94. The van der Waals surface area contributed by atoms with E-state index in [4.69, 9.17) is 28.8 Å². The van der Waals surface area contributed by atoms with Crippen molar-refractivity contribution in [2.45, 2.75) is 0 Å². The third kappa shape index (κ3) is 4.04. The first-order valence-electron chi connectivity index (χ1n) is 7.51. The average molecular weight is 460 g/mol. The van der Waals surface area contributed by atoms with Crippen LogP contribution in [0.4, 0.5) is 0 Å². The van der Waals surface area contributed by atoms with Gasteiger partial charge in [-0.2, -0.15) is 0 Å². The van der Waals surface area contributed by atoms with Crippen LogP contribution in [0.5, 0.6) is 28.7 Å². The van der Waals surface area contributed by atoms with Gasteiger partial charge in [-0.05, 0) is 52.4 Å². The third-order valence-corrected chi connectivity index (χ3v) is 4.38. The van der Waals surface area contributed by atoms with Crippen molar-refractivity contribution in [1.29, 1.82) is 0 Å². The monoisotopic (exact) mass is 460 g/mol. The molecular formula is C18H21IO6. The zero-order valence-corrected chi connectivity index (χ0v) is 16.7. The maximum atomic E-state index is 8.98. The number of rotatable bonds is 8. The van der Waals surface area contributed by atoms with Gasteiger partial charge in [-0.25, -0.2) is 0 Å². The molecule has 0 fully saturated rings. The van der Waals surface area contributed by atoms with Gasteiger partial charge in [0.2, 0.25) is 5.75 Å². The molecule has 1 N–H and O–H groups in total. The molecule has 0 amide bonds. The molecule has 0 atom stereocenters. The minimum Gasteiger partial charge on any atom is -0.493 e. The molecule has 0 unspecified atom stereocenters. The van der Waals surface area contributed by atoms with Gasteiger partial charge in [0, 0.05) is 5.56 Å². The van der Waals surface area contributed by atoms with Crippen LogP contribution < -0.4 is 23.7 Å². The highest BCUT2D eigenvalue weighted by Crippen LogP contribution is 2.46. The van der Waals surface area contributed by atoms with E-state index in [-0.39, 0.29) is 13.2 Å². The van der Waals surface area contributed by atoms with Crippen LogP contribution in [-0.4, -0.2) is 46.8 Å². The highest BCUT2D eigenvalue weighted by atomic mass is 127. The van der Waals surface area contributed by atoms with Gasteiger partial charge in [0.05, 0.1) is 38.6 Å². The van der Waals surface area contributed by atoms with E-state index in [1.165, 1.54) is 0 Å². The van der Waals surface area contributed by atoms with Gasteiger partial charge in [-0.1, -0.05) is 0 Å². The van der Waals surface area contributed by atoms with Crippen LogP contribution in [-0.2, 0) is 0 Å². The molecule has 2 rings (SSSR count). The van der Waals surface area contributed by atoms with Gasteiger partial charge in [0.25, 0.3) is 0 Å². The maximum Gasteiger partial charge on any atom is 0.203 e. The lowest BCUT2D eigenvalue weighted by atomic mass is 10.0. The minimum absolute atomic E-state index is 0.0650. The van der Waals surface area contributed by atoms with Crippen molar-refractivity contribution in [2.24, 2.45) is 0 Å². The first kappa shape index (κ1) is 19.5. The Kier molecular flexibility index (Phi) is 7.01. The largest absolute Gasteiger partial charge is 0.493 e. The van der Waals surface area contributed by atoms with E-state index in [2.05, 4.69) is 22.6 Å². The van der Waals surface area contributed by atoms with Crippen molar-refractivity contribution in [1.82, 2.24) is 0 Å².